The molecule has 0 aromatic carbocycles. The molecule has 0 bridgehead atoms. The molecule has 1 saturated carbocycles. The minimum Gasteiger partial charge on any atom is -0.477 e. The second-order valence-electron chi connectivity index (χ2n) is 6.14. The van der Waals surface area contributed by atoms with E-state index in [4.69, 9.17) is 9.88 Å². The number of ether oxygens (including phenoxy) is 1. The normalized spacial score (nSPS) is 25.0. The average molecular weight is 311 g/mol. The van der Waals surface area contributed by atoms with Crippen LogP contribution in [0.2, 0.25) is 0 Å². The Hall–Kier alpha value is -1.18. The number of rotatable bonds is 4. The van der Waals surface area contributed by atoms with Gasteiger partial charge in [0.05, 0.1) is 6.61 Å². The Labute approximate surface area is 125 Å². The zero-order valence-electron chi connectivity index (χ0n) is 12.2. The van der Waals surface area contributed by atoms with Crippen LogP contribution in [-0.4, -0.2) is 37.4 Å². The number of aromatic nitrogens is 1. The van der Waals surface area contributed by atoms with Crippen molar-refractivity contribution in [3.8, 4) is 5.88 Å². The first kappa shape index (κ1) is 14.7. The van der Waals surface area contributed by atoms with E-state index in [1.165, 1.54) is 4.31 Å². The molecule has 6 nitrogen and oxygen atoms in total. The third kappa shape index (κ3) is 3.20. The number of pyridine rings is 1. The van der Waals surface area contributed by atoms with Crippen molar-refractivity contribution >= 4 is 10.2 Å². The van der Waals surface area contributed by atoms with Gasteiger partial charge in [-0.05, 0) is 43.6 Å². The predicted octanol–water partition coefficient (Wildman–Crippen LogP) is 1.07. The van der Waals surface area contributed by atoms with E-state index < -0.39 is 10.2 Å². The maximum Gasteiger partial charge on any atom is 0.276 e. The smallest absolute Gasteiger partial charge is 0.276 e. The van der Waals surface area contributed by atoms with Crippen LogP contribution in [0.4, 0.5) is 0 Å². The van der Waals surface area contributed by atoms with E-state index in [0.717, 1.165) is 25.0 Å². The van der Waals surface area contributed by atoms with Crippen LogP contribution in [0.5, 0.6) is 5.88 Å². The van der Waals surface area contributed by atoms with Gasteiger partial charge in [0.15, 0.2) is 0 Å². The largest absolute Gasteiger partial charge is 0.477 e. The van der Waals surface area contributed by atoms with Gasteiger partial charge in [-0.2, -0.15) is 12.7 Å². The number of hydrogen-bond acceptors (Lipinski definition) is 4. The molecule has 116 valence electrons. The maximum atomic E-state index is 11.3. The van der Waals surface area contributed by atoms with Crippen molar-refractivity contribution in [2.45, 2.75) is 26.2 Å². The molecule has 1 aromatic rings. The van der Waals surface area contributed by atoms with Crippen LogP contribution >= 0.6 is 0 Å². The van der Waals surface area contributed by atoms with Gasteiger partial charge in [-0.15, -0.1) is 0 Å². The molecule has 0 radical (unpaired) electrons. The lowest BCUT2D eigenvalue weighted by molar-refractivity contribution is 0.205. The van der Waals surface area contributed by atoms with E-state index >= 15 is 0 Å². The molecule has 3 rings (SSSR count). The van der Waals surface area contributed by atoms with Crippen LogP contribution in [0.25, 0.3) is 0 Å². The molecular formula is C14H21N3O3S. The van der Waals surface area contributed by atoms with E-state index in [0.29, 0.717) is 31.5 Å². The fourth-order valence-corrected chi connectivity index (χ4v) is 3.94. The van der Waals surface area contributed by atoms with E-state index in [1.54, 1.807) is 0 Å². The standard InChI is InChI=1S/C14H21N3O3S/c1-11-3-2-4-13(16-11)20-10-12-9-14(12)5-7-17(8-6-14)21(15,18)19/h2-4,12H,5-10H2,1H3,(H2,15,18,19)/t12-/m0/s1. The van der Waals surface area contributed by atoms with Crippen LogP contribution in [-0.2, 0) is 10.2 Å². The second kappa shape index (κ2) is 5.23. The topological polar surface area (TPSA) is 85.5 Å². The van der Waals surface area contributed by atoms with Gasteiger partial charge >= 0.3 is 0 Å². The fraction of sp³-hybridized carbons (Fsp3) is 0.643. The molecule has 2 heterocycles. The number of hydrogen-bond donors (Lipinski definition) is 1. The van der Waals surface area contributed by atoms with Crippen LogP contribution in [0.3, 0.4) is 0 Å². The zero-order valence-corrected chi connectivity index (χ0v) is 13.0. The van der Waals surface area contributed by atoms with Crippen molar-refractivity contribution in [1.82, 2.24) is 9.29 Å². The molecule has 2 aliphatic rings. The Morgan fingerprint density at radius 1 is 1.43 bits per heavy atom. The van der Waals surface area contributed by atoms with E-state index in [1.807, 2.05) is 25.1 Å². The SMILES string of the molecule is Cc1cccc(OC[C@@H]2CC23CCN(S(N)(=O)=O)CC3)n1. The summed E-state index contributed by atoms with van der Waals surface area (Å²) in [4.78, 5) is 4.32. The lowest BCUT2D eigenvalue weighted by atomic mass is 9.92. The van der Waals surface area contributed by atoms with E-state index in [9.17, 15) is 8.42 Å². The molecule has 1 aromatic heterocycles. The van der Waals surface area contributed by atoms with Gasteiger partial charge in [-0.3, -0.25) is 0 Å². The summed E-state index contributed by atoms with van der Waals surface area (Å²) in [6.07, 6.45) is 2.86. The van der Waals surface area contributed by atoms with Crippen molar-refractivity contribution in [3.63, 3.8) is 0 Å². The number of piperidine rings is 1. The molecule has 1 atom stereocenters. The quantitative estimate of drug-likeness (QED) is 0.901. The van der Waals surface area contributed by atoms with E-state index in [-0.39, 0.29) is 5.41 Å². The lowest BCUT2D eigenvalue weighted by Crippen LogP contribution is -2.43. The Balaban J connectivity index is 1.51. The minimum absolute atomic E-state index is 0.255. The highest BCUT2D eigenvalue weighted by molar-refractivity contribution is 7.86. The second-order valence-corrected chi connectivity index (χ2v) is 7.68. The fourth-order valence-electron chi connectivity index (χ4n) is 3.25. The summed E-state index contributed by atoms with van der Waals surface area (Å²) in [7, 11) is -3.53. The Bertz CT molecular complexity index is 624. The van der Waals surface area contributed by atoms with Crippen molar-refractivity contribution in [3.05, 3.63) is 23.9 Å². The molecular weight excluding hydrogens is 290 g/mol. The summed E-state index contributed by atoms with van der Waals surface area (Å²) < 4.78 is 29.8. The average Bonchev–Trinajstić information content (AvgIpc) is 3.08. The highest BCUT2D eigenvalue weighted by atomic mass is 32.2. The van der Waals surface area contributed by atoms with Gasteiger partial charge in [0.1, 0.15) is 0 Å². The Kier molecular flexibility index (Phi) is 3.67. The molecule has 1 spiro atoms. The summed E-state index contributed by atoms with van der Waals surface area (Å²) in [5.41, 5.74) is 1.20. The van der Waals surface area contributed by atoms with Crippen molar-refractivity contribution in [2.24, 2.45) is 16.5 Å². The Morgan fingerprint density at radius 2 is 2.14 bits per heavy atom. The molecule has 7 heteroatoms. The van der Waals surface area contributed by atoms with Gasteiger partial charge in [-0.25, -0.2) is 10.1 Å². The first-order chi connectivity index (χ1) is 9.89. The van der Waals surface area contributed by atoms with Crippen molar-refractivity contribution in [1.29, 1.82) is 0 Å². The first-order valence-corrected chi connectivity index (χ1v) is 8.74. The van der Waals surface area contributed by atoms with Gasteiger partial charge in [0, 0.05) is 24.8 Å². The number of aryl methyl sites for hydroxylation is 1. The lowest BCUT2D eigenvalue weighted by Gasteiger charge is -2.30. The number of nitrogens with two attached hydrogens (primary N) is 1. The highest BCUT2D eigenvalue weighted by Crippen LogP contribution is 2.59. The van der Waals surface area contributed by atoms with Gasteiger partial charge in [-0.1, -0.05) is 6.07 Å². The molecule has 1 aliphatic carbocycles. The minimum atomic E-state index is -3.53. The molecule has 1 saturated heterocycles. The van der Waals surface area contributed by atoms with Gasteiger partial charge < -0.3 is 4.74 Å². The predicted molar refractivity (Wildman–Crippen MR) is 78.9 cm³/mol. The monoisotopic (exact) mass is 311 g/mol. The van der Waals surface area contributed by atoms with Crippen LogP contribution < -0.4 is 9.88 Å². The van der Waals surface area contributed by atoms with Gasteiger partial charge in [0.25, 0.3) is 10.2 Å². The molecule has 2 fully saturated rings. The van der Waals surface area contributed by atoms with Crippen LogP contribution in [0.1, 0.15) is 25.0 Å². The third-order valence-corrected chi connectivity index (χ3v) is 5.82. The van der Waals surface area contributed by atoms with Crippen LogP contribution in [0, 0.1) is 18.3 Å². The molecule has 1 aliphatic heterocycles. The first-order valence-electron chi connectivity index (χ1n) is 7.23. The zero-order chi connectivity index (χ0) is 15.1. The summed E-state index contributed by atoms with van der Waals surface area (Å²) >= 11 is 0. The van der Waals surface area contributed by atoms with Crippen molar-refractivity contribution in [2.75, 3.05) is 19.7 Å². The summed E-state index contributed by atoms with van der Waals surface area (Å²) in [6, 6.07) is 5.74. The molecule has 21 heavy (non-hydrogen) atoms. The summed E-state index contributed by atoms with van der Waals surface area (Å²) in [5.74, 6) is 1.17. The molecule has 0 unspecified atom stereocenters. The van der Waals surface area contributed by atoms with Crippen molar-refractivity contribution < 1.29 is 13.2 Å². The molecule has 0 amide bonds. The summed E-state index contributed by atoms with van der Waals surface area (Å²) in [6.45, 7) is 3.65. The number of nitrogens with zero attached hydrogens (tertiary/aromatic N) is 2. The summed E-state index contributed by atoms with van der Waals surface area (Å²) in [5, 5.41) is 5.17. The van der Waals surface area contributed by atoms with Gasteiger partial charge in [0.2, 0.25) is 5.88 Å². The van der Waals surface area contributed by atoms with E-state index in [2.05, 4.69) is 4.98 Å². The van der Waals surface area contributed by atoms with Crippen LogP contribution in [0.15, 0.2) is 18.2 Å². The molecule has 2 N–H and O–H groups in total. The Morgan fingerprint density at radius 3 is 2.76 bits per heavy atom. The maximum absolute atomic E-state index is 11.3. The third-order valence-electron chi connectivity index (χ3n) is 4.73. The highest BCUT2D eigenvalue weighted by Gasteiger charge is 2.55.